The molecule has 2 rings (SSSR count). The molecule has 3 atom stereocenters. The number of piperidine rings is 1. The zero-order chi connectivity index (χ0) is 10.7. The van der Waals surface area contributed by atoms with Crippen molar-refractivity contribution in [3.63, 3.8) is 0 Å². The van der Waals surface area contributed by atoms with Crippen molar-refractivity contribution >= 4 is 24.8 Å². The van der Waals surface area contributed by atoms with Crippen LogP contribution < -0.4 is 10.6 Å². The van der Waals surface area contributed by atoms with Crippen LogP contribution in [-0.4, -0.2) is 49.7 Å². The lowest BCUT2D eigenvalue weighted by Crippen LogP contribution is -2.57. The Morgan fingerprint density at radius 3 is 2.18 bits per heavy atom. The first kappa shape index (κ1) is 17.5. The van der Waals surface area contributed by atoms with Crippen LogP contribution in [0.2, 0.25) is 0 Å². The lowest BCUT2D eigenvalue weighted by atomic mass is 9.97. The van der Waals surface area contributed by atoms with Gasteiger partial charge >= 0.3 is 0 Å². The minimum absolute atomic E-state index is 0. The van der Waals surface area contributed by atoms with Gasteiger partial charge in [0.1, 0.15) is 0 Å². The van der Waals surface area contributed by atoms with E-state index in [0.29, 0.717) is 12.1 Å². The molecule has 2 aliphatic rings. The highest BCUT2D eigenvalue weighted by Gasteiger charge is 2.27. The van der Waals surface area contributed by atoms with Gasteiger partial charge in [-0.25, -0.2) is 0 Å². The number of halogens is 2. The lowest BCUT2D eigenvalue weighted by Gasteiger charge is -2.42. The Kier molecular flexibility index (Phi) is 8.77. The van der Waals surface area contributed by atoms with Crippen LogP contribution in [0.4, 0.5) is 0 Å². The van der Waals surface area contributed by atoms with Crippen molar-refractivity contribution in [1.82, 2.24) is 15.5 Å². The first-order chi connectivity index (χ1) is 7.27. The molecule has 0 saturated carbocycles. The third-order valence-corrected chi connectivity index (χ3v) is 3.88. The predicted molar refractivity (Wildman–Crippen MR) is 78.6 cm³/mol. The summed E-state index contributed by atoms with van der Waals surface area (Å²) in [5.41, 5.74) is 0. The van der Waals surface area contributed by atoms with Crippen molar-refractivity contribution in [1.29, 1.82) is 0 Å². The van der Waals surface area contributed by atoms with Crippen LogP contribution in [0.3, 0.4) is 0 Å². The standard InChI is InChI=1S/C12H25N3.2ClH/c1-10-6-14-7-11(2)15(10)9-12-4-3-5-13-8-12;;/h10-14H,3-9H2,1-2H3;2*1H/t10-,11+,12?;;. The Labute approximate surface area is 118 Å². The van der Waals surface area contributed by atoms with Crippen molar-refractivity contribution in [2.24, 2.45) is 5.92 Å². The quantitative estimate of drug-likeness (QED) is 0.805. The third kappa shape index (κ3) is 4.92. The van der Waals surface area contributed by atoms with Gasteiger partial charge < -0.3 is 10.6 Å². The summed E-state index contributed by atoms with van der Waals surface area (Å²) in [7, 11) is 0. The number of hydrogen-bond donors (Lipinski definition) is 2. The van der Waals surface area contributed by atoms with Crippen LogP contribution in [0.15, 0.2) is 0 Å². The molecule has 2 fully saturated rings. The lowest BCUT2D eigenvalue weighted by molar-refractivity contribution is 0.0898. The molecule has 2 aliphatic heterocycles. The van der Waals surface area contributed by atoms with Gasteiger partial charge in [0.05, 0.1) is 0 Å². The molecule has 0 amide bonds. The summed E-state index contributed by atoms with van der Waals surface area (Å²) in [6.45, 7) is 10.7. The fraction of sp³-hybridized carbons (Fsp3) is 1.00. The summed E-state index contributed by atoms with van der Waals surface area (Å²) in [4.78, 5) is 2.69. The normalized spacial score (nSPS) is 34.6. The van der Waals surface area contributed by atoms with Crippen molar-refractivity contribution in [3.8, 4) is 0 Å². The van der Waals surface area contributed by atoms with E-state index in [9.17, 15) is 0 Å². The Morgan fingerprint density at radius 2 is 1.65 bits per heavy atom. The van der Waals surface area contributed by atoms with Crippen molar-refractivity contribution in [2.75, 3.05) is 32.7 Å². The smallest absolute Gasteiger partial charge is 0.0195 e. The first-order valence-corrected chi connectivity index (χ1v) is 6.44. The summed E-state index contributed by atoms with van der Waals surface area (Å²) in [5.74, 6) is 0.877. The summed E-state index contributed by atoms with van der Waals surface area (Å²) in [6, 6.07) is 1.41. The first-order valence-electron chi connectivity index (χ1n) is 6.44. The highest BCUT2D eigenvalue weighted by atomic mass is 35.5. The van der Waals surface area contributed by atoms with Gasteiger partial charge in [-0.15, -0.1) is 24.8 Å². The van der Waals surface area contributed by atoms with E-state index in [-0.39, 0.29) is 24.8 Å². The average Bonchev–Trinajstić information content (AvgIpc) is 2.25. The van der Waals surface area contributed by atoms with Crippen LogP contribution >= 0.6 is 24.8 Å². The molecule has 0 spiro atoms. The van der Waals surface area contributed by atoms with Crippen LogP contribution in [0.25, 0.3) is 0 Å². The number of hydrogen-bond acceptors (Lipinski definition) is 3. The van der Waals surface area contributed by atoms with Crippen molar-refractivity contribution in [2.45, 2.75) is 38.8 Å². The number of nitrogens with one attached hydrogen (secondary N) is 2. The molecule has 17 heavy (non-hydrogen) atoms. The molecule has 5 heteroatoms. The molecule has 3 nitrogen and oxygen atoms in total. The van der Waals surface area contributed by atoms with E-state index < -0.39 is 0 Å². The van der Waals surface area contributed by atoms with E-state index in [1.54, 1.807) is 0 Å². The fourth-order valence-corrected chi connectivity index (χ4v) is 2.91. The summed E-state index contributed by atoms with van der Waals surface area (Å²) < 4.78 is 0. The maximum atomic E-state index is 3.51. The second kappa shape index (κ2) is 8.54. The van der Waals surface area contributed by atoms with Gasteiger partial charge in [-0.1, -0.05) is 0 Å². The van der Waals surface area contributed by atoms with E-state index in [2.05, 4.69) is 29.4 Å². The van der Waals surface area contributed by atoms with Gasteiger partial charge in [-0.05, 0) is 45.7 Å². The zero-order valence-corrected chi connectivity index (χ0v) is 12.6. The molecule has 0 aliphatic carbocycles. The highest BCUT2D eigenvalue weighted by Crippen LogP contribution is 2.17. The van der Waals surface area contributed by atoms with E-state index >= 15 is 0 Å². The highest BCUT2D eigenvalue weighted by molar-refractivity contribution is 5.85. The second-order valence-corrected chi connectivity index (χ2v) is 5.27. The van der Waals surface area contributed by atoms with Crippen LogP contribution in [0.1, 0.15) is 26.7 Å². The number of piperazine rings is 1. The van der Waals surface area contributed by atoms with Crippen LogP contribution in [0.5, 0.6) is 0 Å². The molecule has 0 aromatic carbocycles. The van der Waals surface area contributed by atoms with E-state index in [4.69, 9.17) is 0 Å². The van der Waals surface area contributed by atoms with Crippen molar-refractivity contribution < 1.29 is 0 Å². The summed E-state index contributed by atoms with van der Waals surface area (Å²) in [5, 5.41) is 7.01. The molecule has 2 saturated heterocycles. The van der Waals surface area contributed by atoms with Gasteiger partial charge in [0.25, 0.3) is 0 Å². The summed E-state index contributed by atoms with van der Waals surface area (Å²) >= 11 is 0. The maximum absolute atomic E-state index is 3.51. The Bertz CT molecular complexity index is 188. The average molecular weight is 284 g/mol. The molecular weight excluding hydrogens is 257 g/mol. The fourth-order valence-electron chi connectivity index (χ4n) is 2.91. The molecule has 2 N–H and O–H groups in total. The molecule has 0 aromatic heterocycles. The van der Waals surface area contributed by atoms with Crippen LogP contribution in [0, 0.1) is 5.92 Å². The topological polar surface area (TPSA) is 27.3 Å². The molecule has 0 bridgehead atoms. The number of nitrogens with zero attached hydrogens (tertiary/aromatic N) is 1. The van der Waals surface area contributed by atoms with Gasteiger partial charge in [0.2, 0.25) is 0 Å². The Morgan fingerprint density at radius 1 is 1.00 bits per heavy atom. The largest absolute Gasteiger partial charge is 0.316 e. The van der Waals surface area contributed by atoms with Gasteiger partial charge in [0.15, 0.2) is 0 Å². The van der Waals surface area contributed by atoms with Gasteiger partial charge in [-0.2, -0.15) is 0 Å². The minimum Gasteiger partial charge on any atom is -0.316 e. The third-order valence-electron chi connectivity index (χ3n) is 3.88. The van der Waals surface area contributed by atoms with E-state index in [0.717, 1.165) is 19.0 Å². The predicted octanol–water partition coefficient (Wildman–Crippen LogP) is 1.51. The molecule has 1 unspecified atom stereocenters. The second-order valence-electron chi connectivity index (χ2n) is 5.27. The molecule has 0 radical (unpaired) electrons. The number of rotatable bonds is 2. The van der Waals surface area contributed by atoms with E-state index in [1.165, 1.54) is 32.5 Å². The minimum atomic E-state index is 0. The molecule has 104 valence electrons. The van der Waals surface area contributed by atoms with Crippen molar-refractivity contribution in [3.05, 3.63) is 0 Å². The SMILES string of the molecule is C[C@@H]1CNC[C@H](C)N1CC1CCCNC1.Cl.Cl. The van der Waals surface area contributed by atoms with E-state index in [1.807, 2.05) is 0 Å². The molecule has 0 aromatic rings. The monoisotopic (exact) mass is 283 g/mol. The Balaban J connectivity index is 0.00000128. The van der Waals surface area contributed by atoms with Gasteiger partial charge in [-0.3, -0.25) is 4.90 Å². The van der Waals surface area contributed by atoms with Crippen LogP contribution in [-0.2, 0) is 0 Å². The van der Waals surface area contributed by atoms with Gasteiger partial charge in [0, 0.05) is 31.7 Å². The maximum Gasteiger partial charge on any atom is 0.0195 e. The zero-order valence-electron chi connectivity index (χ0n) is 10.9. The molecular formula is C12H27Cl2N3. The molecule has 2 heterocycles. The Hall–Kier alpha value is 0.460. The summed E-state index contributed by atoms with van der Waals surface area (Å²) in [6.07, 6.45) is 2.77.